The van der Waals surface area contributed by atoms with Crippen LogP contribution in [-0.4, -0.2) is 43.3 Å². The van der Waals surface area contributed by atoms with Gasteiger partial charge in [-0.25, -0.2) is 4.79 Å². The van der Waals surface area contributed by atoms with Crippen LogP contribution in [0.2, 0.25) is 0 Å². The number of carbonyl (C=O) groups excluding carboxylic acids is 1. The van der Waals surface area contributed by atoms with Gasteiger partial charge in [-0.2, -0.15) is 0 Å². The van der Waals surface area contributed by atoms with Crippen LogP contribution in [-0.2, 0) is 23.7 Å². The predicted octanol–water partition coefficient (Wildman–Crippen LogP) is 1.49. The molecule has 0 amide bonds. The second kappa shape index (κ2) is 4.79. The Labute approximate surface area is 108 Å². The first-order chi connectivity index (χ1) is 8.34. The molecule has 5 nitrogen and oxygen atoms in total. The molecule has 5 heteroatoms. The van der Waals surface area contributed by atoms with E-state index in [4.69, 9.17) is 18.9 Å². The van der Waals surface area contributed by atoms with Gasteiger partial charge in [0.05, 0.1) is 0 Å². The van der Waals surface area contributed by atoms with Gasteiger partial charge in [-0.1, -0.05) is 13.8 Å². The van der Waals surface area contributed by atoms with Crippen LogP contribution >= 0.6 is 0 Å². The standard InChI is InChI=1S/C13H22O5/c1-7(2)6-8-9(15-5)10-11(12(14)16-8)18-13(3,4)17-10/h7-11H,6H2,1-5H3/t8-,9+,10-,11-/m1/s1. The van der Waals surface area contributed by atoms with E-state index in [0.29, 0.717) is 5.92 Å². The minimum atomic E-state index is -0.766. The van der Waals surface area contributed by atoms with E-state index in [9.17, 15) is 4.79 Å². The van der Waals surface area contributed by atoms with Crippen molar-refractivity contribution >= 4 is 5.97 Å². The van der Waals surface area contributed by atoms with Crippen LogP contribution in [0.5, 0.6) is 0 Å². The average Bonchev–Trinajstić information content (AvgIpc) is 2.54. The van der Waals surface area contributed by atoms with E-state index in [1.54, 1.807) is 21.0 Å². The summed E-state index contributed by atoms with van der Waals surface area (Å²) in [5.41, 5.74) is 0. The molecule has 2 fully saturated rings. The Hall–Kier alpha value is -0.650. The van der Waals surface area contributed by atoms with Crippen molar-refractivity contribution in [3.8, 4) is 0 Å². The zero-order valence-corrected chi connectivity index (χ0v) is 11.6. The molecule has 0 spiro atoms. The van der Waals surface area contributed by atoms with Crippen LogP contribution < -0.4 is 0 Å². The molecular formula is C13H22O5. The largest absolute Gasteiger partial charge is 0.457 e. The smallest absolute Gasteiger partial charge is 0.338 e. The molecule has 0 aromatic carbocycles. The molecule has 18 heavy (non-hydrogen) atoms. The van der Waals surface area contributed by atoms with E-state index in [-0.39, 0.29) is 24.3 Å². The summed E-state index contributed by atoms with van der Waals surface area (Å²) in [4.78, 5) is 11.9. The van der Waals surface area contributed by atoms with Crippen LogP contribution in [0, 0.1) is 5.92 Å². The SMILES string of the molecule is CO[C@@H]1[C@H]2OC(C)(C)O[C@H]2C(=O)O[C@@H]1CC(C)C. The zero-order valence-electron chi connectivity index (χ0n) is 11.6. The maximum atomic E-state index is 11.9. The Morgan fingerprint density at radius 3 is 2.56 bits per heavy atom. The van der Waals surface area contributed by atoms with Gasteiger partial charge in [-0.15, -0.1) is 0 Å². The summed E-state index contributed by atoms with van der Waals surface area (Å²) in [6.07, 6.45) is -0.821. The molecule has 0 aromatic heterocycles. The van der Waals surface area contributed by atoms with E-state index < -0.39 is 11.9 Å². The fraction of sp³-hybridized carbons (Fsp3) is 0.923. The van der Waals surface area contributed by atoms with Crippen LogP contribution in [0.3, 0.4) is 0 Å². The van der Waals surface area contributed by atoms with Crippen molar-refractivity contribution in [1.82, 2.24) is 0 Å². The van der Waals surface area contributed by atoms with E-state index in [0.717, 1.165) is 6.42 Å². The maximum absolute atomic E-state index is 11.9. The van der Waals surface area contributed by atoms with Crippen LogP contribution in [0.1, 0.15) is 34.1 Å². The molecule has 104 valence electrons. The Morgan fingerprint density at radius 1 is 1.33 bits per heavy atom. The quantitative estimate of drug-likeness (QED) is 0.718. The summed E-state index contributed by atoms with van der Waals surface area (Å²) in [5, 5.41) is 0. The van der Waals surface area contributed by atoms with E-state index >= 15 is 0 Å². The second-order valence-corrected chi connectivity index (χ2v) is 5.83. The number of hydrogen-bond acceptors (Lipinski definition) is 5. The molecule has 0 aromatic rings. The summed E-state index contributed by atoms with van der Waals surface area (Å²) >= 11 is 0. The van der Waals surface area contributed by atoms with Gasteiger partial charge in [0, 0.05) is 7.11 Å². The van der Waals surface area contributed by atoms with Crippen molar-refractivity contribution in [2.75, 3.05) is 7.11 Å². The van der Waals surface area contributed by atoms with Gasteiger partial charge in [-0.3, -0.25) is 0 Å². The molecule has 2 heterocycles. The number of esters is 1. The summed E-state index contributed by atoms with van der Waals surface area (Å²) < 4.78 is 22.3. The minimum Gasteiger partial charge on any atom is -0.457 e. The summed E-state index contributed by atoms with van der Waals surface area (Å²) in [6.45, 7) is 7.76. The maximum Gasteiger partial charge on any atom is 0.338 e. The fourth-order valence-electron chi connectivity index (χ4n) is 2.64. The molecule has 4 atom stereocenters. The summed E-state index contributed by atoms with van der Waals surface area (Å²) in [6, 6.07) is 0. The number of carbonyl (C=O) groups is 1. The number of hydrogen-bond donors (Lipinski definition) is 0. The lowest BCUT2D eigenvalue weighted by Crippen LogP contribution is -2.55. The molecule has 2 aliphatic heterocycles. The van der Waals surface area contributed by atoms with Crippen LogP contribution in [0.15, 0.2) is 0 Å². The lowest BCUT2D eigenvalue weighted by atomic mass is 9.93. The van der Waals surface area contributed by atoms with Gasteiger partial charge in [0.15, 0.2) is 11.9 Å². The first-order valence-electron chi connectivity index (χ1n) is 6.43. The van der Waals surface area contributed by atoms with Crippen molar-refractivity contribution in [2.24, 2.45) is 5.92 Å². The van der Waals surface area contributed by atoms with Crippen LogP contribution in [0.25, 0.3) is 0 Å². The Bertz CT molecular complexity index is 325. The van der Waals surface area contributed by atoms with Crippen molar-refractivity contribution in [3.05, 3.63) is 0 Å². The van der Waals surface area contributed by atoms with Crippen molar-refractivity contribution in [1.29, 1.82) is 0 Å². The zero-order chi connectivity index (χ0) is 13.5. The molecule has 0 aliphatic carbocycles. The number of rotatable bonds is 3. The summed E-state index contributed by atoms with van der Waals surface area (Å²) in [5.74, 6) is -0.686. The monoisotopic (exact) mass is 258 g/mol. The second-order valence-electron chi connectivity index (χ2n) is 5.83. The third kappa shape index (κ3) is 2.53. The molecule has 0 radical (unpaired) electrons. The number of cyclic esters (lactones) is 1. The van der Waals surface area contributed by atoms with Gasteiger partial charge >= 0.3 is 5.97 Å². The van der Waals surface area contributed by atoms with Crippen molar-refractivity contribution in [3.63, 3.8) is 0 Å². The lowest BCUT2D eigenvalue weighted by molar-refractivity contribution is -0.191. The highest BCUT2D eigenvalue weighted by Crippen LogP contribution is 2.37. The van der Waals surface area contributed by atoms with Crippen molar-refractivity contribution in [2.45, 2.75) is 64.3 Å². The third-order valence-corrected chi connectivity index (χ3v) is 3.30. The molecule has 2 rings (SSSR count). The van der Waals surface area contributed by atoms with Gasteiger partial charge in [0.2, 0.25) is 0 Å². The topological polar surface area (TPSA) is 54.0 Å². The highest BCUT2D eigenvalue weighted by molar-refractivity contribution is 5.77. The van der Waals surface area contributed by atoms with Gasteiger partial charge in [0.25, 0.3) is 0 Å². The molecule has 0 saturated carbocycles. The Kier molecular flexibility index (Phi) is 3.67. The number of fused-ring (bicyclic) bond motifs is 1. The molecule has 2 aliphatic rings. The first-order valence-corrected chi connectivity index (χ1v) is 6.43. The normalized spacial score (nSPS) is 38.7. The molecule has 0 bridgehead atoms. The molecule has 0 N–H and O–H groups in total. The molecule has 2 saturated heterocycles. The number of ether oxygens (including phenoxy) is 4. The van der Waals surface area contributed by atoms with Crippen molar-refractivity contribution < 1.29 is 23.7 Å². The van der Waals surface area contributed by atoms with Gasteiger partial charge < -0.3 is 18.9 Å². The van der Waals surface area contributed by atoms with E-state index in [1.165, 1.54) is 0 Å². The Morgan fingerprint density at radius 2 is 2.00 bits per heavy atom. The fourth-order valence-corrected chi connectivity index (χ4v) is 2.64. The Balaban J connectivity index is 2.18. The van der Waals surface area contributed by atoms with E-state index in [1.807, 2.05) is 0 Å². The van der Waals surface area contributed by atoms with Gasteiger partial charge in [-0.05, 0) is 26.2 Å². The molecule has 0 unspecified atom stereocenters. The minimum absolute atomic E-state index is 0.263. The first kappa shape index (κ1) is 13.8. The summed E-state index contributed by atoms with van der Waals surface area (Å²) in [7, 11) is 1.61. The predicted molar refractivity (Wildman–Crippen MR) is 64.0 cm³/mol. The average molecular weight is 258 g/mol. The highest BCUT2D eigenvalue weighted by atomic mass is 16.8. The third-order valence-electron chi connectivity index (χ3n) is 3.30. The lowest BCUT2D eigenvalue weighted by Gasteiger charge is -2.36. The van der Waals surface area contributed by atoms with Gasteiger partial charge in [0.1, 0.15) is 18.3 Å². The number of methoxy groups -OCH3 is 1. The molecular weight excluding hydrogens is 236 g/mol. The highest BCUT2D eigenvalue weighted by Gasteiger charge is 2.55. The van der Waals surface area contributed by atoms with Crippen LogP contribution in [0.4, 0.5) is 0 Å². The van der Waals surface area contributed by atoms with E-state index in [2.05, 4.69) is 13.8 Å².